The Morgan fingerprint density at radius 3 is 1.76 bits per heavy atom. The first-order chi connectivity index (χ1) is 14.8. The Hall–Kier alpha value is -2.44. The van der Waals surface area contributed by atoms with Crippen molar-refractivity contribution in [3.8, 4) is 11.5 Å². The SMILES string of the molecule is CC(C)(C)c1ccc2c(c1)OC(F)(F)C(F)(F)O2.CC1(C)Cc2cc(C(C)(C)C)ccc2N1. The third-order valence-electron chi connectivity index (χ3n) is 5.70. The Morgan fingerprint density at radius 1 is 0.727 bits per heavy atom. The second kappa shape index (κ2) is 7.81. The highest BCUT2D eigenvalue weighted by atomic mass is 19.3. The molecule has 2 aromatic carbocycles. The first-order valence-electron chi connectivity index (χ1n) is 11.0. The van der Waals surface area contributed by atoms with E-state index in [9.17, 15) is 17.6 Å². The van der Waals surface area contributed by atoms with E-state index >= 15 is 0 Å². The van der Waals surface area contributed by atoms with Gasteiger partial charge in [-0.05, 0) is 66.0 Å². The summed E-state index contributed by atoms with van der Waals surface area (Å²) in [6.07, 6.45) is -8.20. The van der Waals surface area contributed by atoms with Gasteiger partial charge in [-0.15, -0.1) is 0 Å². The van der Waals surface area contributed by atoms with Gasteiger partial charge in [-0.25, -0.2) is 0 Å². The lowest BCUT2D eigenvalue weighted by Gasteiger charge is -2.32. The fraction of sp³-hybridized carbons (Fsp3) is 0.538. The summed E-state index contributed by atoms with van der Waals surface area (Å²) in [6, 6.07) is 10.9. The maximum Gasteiger partial charge on any atom is 0.507 e. The van der Waals surface area contributed by atoms with Gasteiger partial charge >= 0.3 is 12.2 Å². The number of hydrogen-bond donors (Lipinski definition) is 1. The molecule has 0 atom stereocenters. The van der Waals surface area contributed by atoms with Crippen LogP contribution in [0.15, 0.2) is 36.4 Å². The predicted molar refractivity (Wildman–Crippen MR) is 123 cm³/mol. The molecule has 0 amide bonds. The van der Waals surface area contributed by atoms with Gasteiger partial charge in [0.2, 0.25) is 0 Å². The van der Waals surface area contributed by atoms with Crippen LogP contribution >= 0.6 is 0 Å². The molecule has 2 aromatic rings. The minimum absolute atomic E-state index is 0.221. The van der Waals surface area contributed by atoms with E-state index in [1.807, 2.05) is 20.8 Å². The minimum atomic E-state index is -4.67. The molecule has 0 saturated carbocycles. The highest BCUT2D eigenvalue weighted by Crippen LogP contribution is 2.47. The first-order valence-corrected chi connectivity index (χ1v) is 11.0. The average molecular weight is 468 g/mol. The lowest BCUT2D eigenvalue weighted by Crippen LogP contribution is -2.52. The van der Waals surface area contributed by atoms with Crippen molar-refractivity contribution in [2.45, 2.75) is 90.4 Å². The standard InChI is InChI=1S/C14H21N.C12H12F4O2/c1-13(2,3)11-6-7-12-10(8-11)9-14(4,5)15-12;1-10(2,3)7-4-5-8-9(6-7)18-12(15,16)11(13,14)17-8/h6-8,15H,9H2,1-5H3;4-6H,1-3H3. The van der Waals surface area contributed by atoms with Gasteiger partial charge in [0.05, 0.1) is 0 Å². The Balaban J connectivity index is 0.000000189. The normalized spacial score (nSPS) is 19.6. The monoisotopic (exact) mass is 467 g/mol. The molecule has 1 N–H and O–H groups in total. The van der Waals surface area contributed by atoms with E-state index in [1.54, 1.807) is 6.07 Å². The highest BCUT2D eigenvalue weighted by Gasteiger charge is 2.65. The van der Waals surface area contributed by atoms with Gasteiger partial charge in [-0.2, -0.15) is 17.6 Å². The Kier molecular flexibility index (Phi) is 5.96. The number of fused-ring (bicyclic) bond motifs is 2. The number of nitrogens with one attached hydrogen (secondary N) is 1. The molecule has 0 saturated heterocycles. The molecular weight excluding hydrogens is 434 g/mol. The molecule has 182 valence electrons. The topological polar surface area (TPSA) is 30.5 Å². The van der Waals surface area contributed by atoms with Gasteiger partial charge in [0.25, 0.3) is 0 Å². The van der Waals surface area contributed by atoms with E-state index in [1.165, 1.54) is 28.9 Å². The molecule has 0 unspecified atom stereocenters. The van der Waals surface area contributed by atoms with Crippen LogP contribution in [0.5, 0.6) is 11.5 Å². The van der Waals surface area contributed by atoms with Crippen molar-refractivity contribution in [2.75, 3.05) is 5.32 Å². The lowest BCUT2D eigenvalue weighted by molar-refractivity contribution is -0.391. The van der Waals surface area contributed by atoms with E-state index in [4.69, 9.17) is 0 Å². The fourth-order valence-corrected chi connectivity index (χ4v) is 3.75. The van der Waals surface area contributed by atoms with Gasteiger partial charge in [-0.1, -0.05) is 59.7 Å². The number of rotatable bonds is 0. The Bertz CT molecular complexity index is 1030. The molecule has 2 aliphatic rings. The van der Waals surface area contributed by atoms with Crippen LogP contribution in [0.25, 0.3) is 0 Å². The number of ether oxygens (including phenoxy) is 2. The smallest absolute Gasteiger partial charge is 0.421 e. The Labute approximate surface area is 193 Å². The fourth-order valence-electron chi connectivity index (χ4n) is 3.75. The van der Waals surface area contributed by atoms with Crippen LogP contribution in [-0.4, -0.2) is 17.8 Å². The number of alkyl halides is 4. The maximum absolute atomic E-state index is 13.0. The van der Waals surface area contributed by atoms with Crippen LogP contribution in [0.4, 0.5) is 23.2 Å². The van der Waals surface area contributed by atoms with E-state index in [-0.39, 0.29) is 27.9 Å². The highest BCUT2D eigenvalue weighted by molar-refractivity contribution is 5.60. The van der Waals surface area contributed by atoms with Crippen molar-refractivity contribution in [3.05, 3.63) is 53.1 Å². The van der Waals surface area contributed by atoms with Gasteiger partial charge in [-0.3, -0.25) is 0 Å². The summed E-state index contributed by atoms with van der Waals surface area (Å²) in [5, 5.41) is 3.55. The third-order valence-corrected chi connectivity index (χ3v) is 5.70. The molecule has 0 aliphatic carbocycles. The zero-order valence-electron chi connectivity index (χ0n) is 20.5. The van der Waals surface area contributed by atoms with Crippen molar-refractivity contribution in [1.29, 1.82) is 0 Å². The van der Waals surface area contributed by atoms with Gasteiger partial charge < -0.3 is 14.8 Å². The van der Waals surface area contributed by atoms with Crippen molar-refractivity contribution >= 4 is 5.69 Å². The molecule has 2 aliphatic heterocycles. The summed E-state index contributed by atoms with van der Waals surface area (Å²) < 4.78 is 59.8. The summed E-state index contributed by atoms with van der Waals surface area (Å²) in [7, 11) is 0. The molecule has 0 spiro atoms. The zero-order chi connectivity index (χ0) is 25.0. The van der Waals surface area contributed by atoms with Crippen LogP contribution in [0.3, 0.4) is 0 Å². The number of hydrogen-bond acceptors (Lipinski definition) is 3. The van der Waals surface area contributed by atoms with Crippen LogP contribution < -0.4 is 14.8 Å². The molecule has 0 aromatic heterocycles. The number of halogens is 4. The van der Waals surface area contributed by atoms with Crippen molar-refractivity contribution in [1.82, 2.24) is 0 Å². The van der Waals surface area contributed by atoms with Gasteiger partial charge in [0, 0.05) is 11.2 Å². The van der Waals surface area contributed by atoms with E-state index < -0.39 is 12.2 Å². The van der Waals surface area contributed by atoms with Crippen molar-refractivity contribution in [3.63, 3.8) is 0 Å². The molecule has 4 rings (SSSR count). The zero-order valence-corrected chi connectivity index (χ0v) is 20.5. The van der Waals surface area contributed by atoms with Crippen molar-refractivity contribution < 1.29 is 27.0 Å². The van der Waals surface area contributed by atoms with Gasteiger partial charge in [0.15, 0.2) is 11.5 Å². The molecular formula is C26H33F4NO2. The molecule has 2 heterocycles. The lowest BCUT2D eigenvalue weighted by atomic mass is 9.85. The Morgan fingerprint density at radius 2 is 1.21 bits per heavy atom. The quantitative estimate of drug-likeness (QED) is 0.403. The summed E-state index contributed by atoms with van der Waals surface area (Å²) in [5.74, 6) is -0.766. The number of benzene rings is 2. The predicted octanol–water partition coefficient (Wildman–Crippen LogP) is 7.67. The molecule has 0 fully saturated rings. The summed E-state index contributed by atoms with van der Waals surface area (Å²) >= 11 is 0. The van der Waals surface area contributed by atoms with E-state index in [0.29, 0.717) is 5.56 Å². The largest absolute Gasteiger partial charge is 0.507 e. The van der Waals surface area contributed by atoms with Crippen LogP contribution in [-0.2, 0) is 17.3 Å². The van der Waals surface area contributed by atoms with Crippen molar-refractivity contribution in [2.24, 2.45) is 0 Å². The first kappa shape index (κ1) is 25.2. The molecule has 3 nitrogen and oxygen atoms in total. The average Bonchev–Trinajstić information content (AvgIpc) is 2.93. The summed E-state index contributed by atoms with van der Waals surface area (Å²) in [5.41, 5.74) is 5.06. The number of anilines is 1. The summed E-state index contributed by atoms with van der Waals surface area (Å²) in [4.78, 5) is 0. The third kappa shape index (κ3) is 5.39. The summed E-state index contributed by atoms with van der Waals surface area (Å²) in [6.45, 7) is 16.9. The van der Waals surface area contributed by atoms with Gasteiger partial charge in [0.1, 0.15) is 0 Å². The van der Waals surface area contributed by atoms with E-state index in [2.05, 4.69) is 67.6 Å². The van der Waals surface area contributed by atoms with Crippen LogP contribution in [0.2, 0.25) is 0 Å². The van der Waals surface area contributed by atoms with E-state index in [0.717, 1.165) is 6.42 Å². The maximum atomic E-state index is 13.0. The second-order valence-electron chi connectivity index (χ2n) is 11.5. The van der Waals surface area contributed by atoms with Crippen LogP contribution in [0.1, 0.15) is 72.1 Å². The second-order valence-corrected chi connectivity index (χ2v) is 11.5. The molecule has 7 heteroatoms. The minimum Gasteiger partial charge on any atom is -0.421 e. The molecule has 0 bridgehead atoms. The molecule has 33 heavy (non-hydrogen) atoms. The molecule has 0 radical (unpaired) electrons. The van der Waals surface area contributed by atoms with Crippen LogP contribution in [0, 0.1) is 0 Å².